The summed E-state index contributed by atoms with van der Waals surface area (Å²) in [4.78, 5) is 16.3. The van der Waals surface area contributed by atoms with Crippen LogP contribution in [0.2, 0.25) is 0 Å². The van der Waals surface area contributed by atoms with Gasteiger partial charge in [-0.3, -0.25) is 4.98 Å². The zero-order valence-corrected chi connectivity index (χ0v) is 19.2. The number of hydrogen-bond acceptors (Lipinski definition) is 5. The first-order valence-electron chi connectivity index (χ1n) is 10.8. The molecule has 178 valence electrons. The lowest BCUT2D eigenvalue weighted by atomic mass is 9.86. The molecule has 1 saturated heterocycles. The fraction of sp³-hybridized carbons (Fsp3) is 0.500. The Bertz CT molecular complexity index is 1230. The first-order chi connectivity index (χ1) is 15.5. The van der Waals surface area contributed by atoms with Crippen molar-refractivity contribution in [3.8, 4) is 11.3 Å². The average Bonchev–Trinajstić information content (AvgIpc) is 3.20. The van der Waals surface area contributed by atoms with Crippen LogP contribution in [0.3, 0.4) is 0 Å². The predicted molar refractivity (Wildman–Crippen MR) is 119 cm³/mol. The Balaban J connectivity index is 1.63. The molecule has 0 radical (unpaired) electrons. The normalized spacial score (nSPS) is 20.5. The van der Waals surface area contributed by atoms with Crippen LogP contribution in [0.5, 0.6) is 0 Å². The molecule has 33 heavy (non-hydrogen) atoms. The van der Waals surface area contributed by atoms with E-state index in [4.69, 9.17) is 0 Å². The van der Waals surface area contributed by atoms with Gasteiger partial charge in [0.25, 0.3) is 0 Å². The summed E-state index contributed by atoms with van der Waals surface area (Å²) in [6.45, 7) is 2.99. The fourth-order valence-corrected chi connectivity index (χ4v) is 6.26. The van der Waals surface area contributed by atoms with Crippen molar-refractivity contribution in [2.75, 3.05) is 18.8 Å². The topological polar surface area (TPSA) is 91.8 Å². The fourth-order valence-electron chi connectivity index (χ4n) is 4.37. The molecule has 1 fully saturated rings. The molecule has 0 spiro atoms. The van der Waals surface area contributed by atoms with E-state index in [0.717, 1.165) is 4.31 Å². The van der Waals surface area contributed by atoms with Crippen molar-refractivity contribution in [1.29, 1.82) is 0 Å². The number of sulfonamides is 1. The smallest absolute Gasteiger partial charge is 0.345 e. The van der Waals surface area contributed by atoms with Gasteiger partial charge in [-0.25, -0.2) is 22.7 Å². The van der Waals surface area contributed by atoms with Gasteiger partial charge in [-0.05, 0) is 42.9 Å². The summed E-state index contributed by atoms with van der Waals surface area (Å²) < 4.78 is 67.6. The number of halogens is 3. The molecular formula is C22H26F3N5O2S. The minimum atomic E-state index is -4.47. The average molecular weight is 482 g/mol. The molecule has 0 amide bonds. The molecule has 7 nitrogen and oxygen atoms in total. The van der Waals surface area contributed by atoms with Gasteiger partial charge in [0.2, 0.25) is 10.0 Å². The Labute approximate surface area is 190 Å². The molecule has 3 aromatic rings. The molecule has 1 N–H and O–H groups in total. The maximum Gasteiger partial charge on any atom is 0.393 e. The molecule has 0 aromatic carbocycles. The molecule has 3 aromatic heterocycles. The summed E-state index contributed by atoms with van der Waals surface area (Å²) in [5, 5.41) is 0. The van der Waals surface area contributed by atoms with Crippen LogP contribution in [0.4, 0.5) is 13.2 Å². The monoisotopic (exact) mass is 481 g/mol. The highest BCUT2D eigenvalue weighted by Crippen LogP contribution is 2.38. The lowest BCUT2D eigenvalue weighted by molar-refractivity contribution is -0.186. The lowest BCUT2D eigenvalue weighted by Gasteiger charge is -2.38. The van der Waals surface area contributed by atoms with Crippen LogP contribution in [-0.4, -0.2) is 57.7 Å². The summed E-state index contributed by atoms with van der Waals surface area (Å²) in [5.41, 5.74) is 3.13. The molecule has 11 heteroatoms. The number of hydrogen-bond donors (Lipinski definition) is 1. The number of nitrogens with zero attached hydrogens (tertiary/aromatic N) is 4. The minimum absolute atomic E-state index is 0.0418. The first-order valence-corrected chi connectivity index (χ1v) is 12.4. The van der Waals surface area contributed by atoms with Crippen molar-refractivity contribution in [3.63, 3.8) is 0 Å². The molecule has 0 aliphatic carbocycles. The Morgan fingerprint density at radius 1 is 1.21 bits per heavy atom. The van der Waals surface area contributed by atoms with Gasteiger partial charge in [0.05, 0.1) is 29.3 Å². The molecule has 1 aliphatic rings. The van der Waals surface area contributed by atoms with Gasteiger partial charge >= 0.3 is 6.18 Å². The second kappa shape index (κ2) is 9.02. The maximum absolute atomic E-state index is 13.7. The van der Waals surface area contributed by atoms with Crippen molar-refractivity contribution in [2.24, 2.45) is 17.8 Å². The van der Waals surface area contributed by atoms with E-state index in [1.54, 1.807) is 44.6 Å². The van der Waals surface area contributed by atoms with Crippen LogP contribution < -0.4 is 0 Å². The highest BCUT2D eigenvalue weighted by atomic mass is 32.2. The van der Waals surface area contributed by atoms with E-state index in [0.29, 0.717) is 28.1 Å². The second-order valence-corrected chi connectivity index (χ2v) is 11.0. The van der Waals surface area contributed by atoms with Gasteiger partial charge in [0.15, 0.2) is 5.65 Å². The van der Waals surface area contributed by atoms with Gasteiger partial charge < -0.3 is 4.98 Å². The van der Waals surface area contributed by atoms with Crippen molar-refractivity contribution >= 4 is 21.2 Å². The molecular weight excluding hydrogens is 455 g/mol. The number of alkyl halides is 3. The van der Waals surface area contributed by atoms with Crippen LogP contribution in [-0.2, 0) is 16.4 Å². The third-order valence-corrected chi connectivity index (χ3v) is 7.99. The van der Waals surface area contributed by atoms with Crippen molar-refractivity contribution in [2.45, 2.75) is 32.9 Å². The van der Waals surface area contributed by atoms with Crippen LogP contribution in [0.1, 0.15) is 26.0 Å². The van der Waals surface area contributed by atoms with E-state index in [9.17, 15) is 21.6 Å². The molecule has 0 bridgehead atoms. The highest BCUT2D eigenvalue weighted by molar-refractivity contribution is 7.89. The molecule has 0 saturated carbocycles. The van der Waals surface area contributed by atoms with Gasteiger partial charge in [-0.1, -0.05) is 13.8 Å². The number of nitrogens with one attached hydrogen (secondary N) is 1. The molecule has 4 rings (SSSR count). The van der Waals surface area contributed by atoms with E-state index >= 15 is 0 Å². The third-order valence-electron chi connectivity index (χ3n) is 5.81. The number of aromatic amines is 1. The Hall–Kier alpha value is -2.53. The molecule has 4 heterocycles. The highest BCUT2D eigenvalue weighted by Gasteiger charge is 2.47. The predicted octanol–water partition coefficient (Wildman–Crippen LogP) is 4.05. The number of pyridine rings is 1. The number of fused-ring (bicyclic) bond motifs is 1. The van der Waals surface area contributed by atoms with Gasteiger partial charge in [-0.2, -0.15) is 13.2 Å². The molecule has 0 unspecified atom stereocenters. The first kappa shape index (κ1) is 23.6. The molecule has 1 aliphatic heterocycles. The van der Waals surface area contributed by atoms with Gasteiger partial charge in [0, 0.05) is 31.0 Å². The van der Waals surface area contributed by atoms with E-state index in [1.165, 1.54) is 0 Å². The number of aromatic nitrogens is 4. The van der Waals surface area contributed by atoms with Crippen LogP contribution in [0.25, 0.3) is 22.4 Å². The van der Waals surface area contributed by atoms with E-state index in [2.05, 4.69) is 19.9 Å². The van der Waals surface area contributed by atoms with Crippen molar-refractivity contribution < 1.29 is 21.6 Å². The quantitative estimate of drug-likeness (QED) is 0.574. The lowest BCUT2D eigenvalue weighted by Crippen LogP contribution is -2.49. The Kier molecular flexibility index (Phi) is 6.45. The zero-order chi connectivity index (χ0) is 23.8. The Morgan fingerprint density at radius 2 is 2.00 bits per heavy atom. The van der Waals surface area contributed by atoms with Gasteiger partial charge in [0.1, 0.15) is 5.52 Å². The van der Waals surface area contributed by atoms with Crippen LogP contribution in [0.15, 0.2) is 36.8 Å². The number of rotatable bonds is 6. The Morgan fingerprint density at radius 3 is 2.73 bits per heavy atom. The van der Waals surface area contributed by atoms with Crippen LogP contribution >= 0.6 is 0 Å². The maximum atomic E-state index is 13.7. The van der Waals surface area contributed by atoms with Crippen LogP contribution in [0, 0.1) is 17.8 Å². The summed E-state index contributed by atoms with van der Waals surface area (Å²) in [5.74, 6) is -2.58. The number of piperidine rings is 1. The van der Waals surface area contributed by atoms with E-state index in [1.807, 2.05) is 6.07 Å². The van der Waals surface area contributed by atoms with Crippen molar-refractivity contribution in [1.82, 2.24) is 24.2 Å². The largest absolute Gasteiger partial charge is 0.393 e. The summed E-state index contributed by atoms with van der Waals surface area (Å²) >= 11 is 0. The zero-order valence-electron chi connectivity index (χ0n) is 18.4. The van der Waals surface area contributed by atoms with E-state index in [-0.39, 0.29) is 31.1 Å². The van der Waals surface area contributed by atoms with Gasteiger partial charge in [-0.15, -0.1) is 0 Å². The van der Waals surface area contributed by atoms with E-state index < -0.39 is 34.6 Å². The molecule has 2 atom stereocenters. The standard InChI is InChI=1S/C22H26F3N5O2S/c1-14(2)13-33(31,32)30-11-15(8-16(12-30)22(23,24)25)9-19-17(4-3-6-26-19)20-10-28-21-18(29-20)5-7-27-21/h3-7,10,14-16H,8-9,11-13H2,1-2H3,(H,27,28)/t15-,16+/m1/s1. The minimum Gasteiger partial charge on any atom is -0.345 e. The number of H-pyrrole nitrogens is 1. The summed E-state index contributed by atoms with van der Waals surface area (Å²) in [6, 6.07) is 5.33. The second-order valence-electron chi connectivity index (χ2n) is 9.00. The van der Waals surface area contributed by atoms with Crippen molar-refractivity contribution in [3.05, 3.63) is 42.5 Å². The summed E-state index contributed by atoms with van der Waals surface area (Å²) in [7, 11) is -3.79. The SMILES string of the molecule is CC(C)CS(=O)(=O)N1C[C@@H](Cc2ncccc2-c2cnc3[nH]ccc3n2)C[C@H](C(F)(F)F)C1. The third kappa shape index (κ3) is 5.35. The summed E-state index contributed by atoms with van der Waals surface area (Å²) in [6.07, 6.45) is 0.502.